The molecule has 1 aromatic heterocycles. The summed E-state index contributed by atoms with van der Waals surface area (Å²) in [5, 5.41) is 15.2. The zero-order valence-corrected chi connectivity index (χ0v) is 16.0. The molecule has 4 rings (SSSR count). The van der Waals surface area contributed by atoms with Gasteiger partial charge in [0.15, 0.2) is 11.6 Å². The van der Waals surface area contributed by atoms with Gasteiger partial charge >= 0.3 is 0 Å². The lowest BCUT2D eigenvalue weighted by atomic mass is 9.84. The molecule has 0 N–H and O–H groups in total. The molecule has 0 unspecified atom stereocenters. The number of rotatable bonds is 6. The second kappa shape index (κ2) is 8.34. The second-order valence-corrected chi connectivity index (χ2v) is 7.45. The van der Waals surface area contributed by atoms with E-state index in [2.05, 4.69) is 22.2 Å². The molecule has 0 aliphatic heterocycles. The van der Waals surface area contributed by atoms with Crippen molar-refractivity contribution in [3.05, 3.63) is 76.1 Å². The maximum absolute atomic E-state index is 12.6. The van der Waals surface area contributed by atoms with Gasteiger partial charge < -0.3 is 0 Å². The van der Waals surface area contributed by atoms with Crippen LogP contribution in [0.25, 0.3) is 11.4 Å². The summed E-state index contributed by atoms with van der Waals surface area (Å²) in [6.07, 6.45) is 7.82. The number of carbonyl (C=O) groups excluding carboxylic acids is 1. The van der Waals surface area contributed by atoms with Gasteiger partial charge in [0.25, 0.3) is 5.69 Å². The van der Waals surface area contributed by atoms with Gasteiger partial charge in [0.05, 0.1) is 4.92 Å². The molecule has 0 radical (unpaired) electrons. The first-order valence-corrected chi connectivity index (χ1v) is 9.87. The Balaban J connectivity index is 1.44. The topological polar surface area (TPSA) is 90.9 Å². The smallest absolute Gasteiger partial charge is 0.270 e. The Kier molecular flexibility index (Phi) is 5.46. The summed E-state index contributed by atoms with van der Waals surface area (Å²) >= 11 is 0. The van der Waals surface area contributed by atoms with E-state index >= 15 is 0 Å². The average Bonchev–Trinajstić information content (AvgIpc) is 3.23. The van der Waals surface area contributed by atoms with Crippen molar-refractivity contribution in [3.63, 3.8) is 0 Å². The molecule has 0 atom stereocenters. The molecule has 1 fully saturated rings. The molecule has 148 valence electrons. The predicted molar refractivity (Wildman–Crippen MR) is 109 cm³/mol. The quantitative estimate of drug-likeness (QED) is 0.343. The first kappa shape index (κ1) is 19.0. The maximum Gasteiger partial charge on any atom is 0.270 e. The number of hydrogen-bond donors (Lipinski definition) is 0. The predicted octanol–water partition coefficient (Wildman–Crippen LogP) is 4.78. The summed E-state index contributed by atoms with van der Waals surface area (Å²) in [6.45, 7) is 0.0741. The van der Waals surface area contributed by atoms with E-state index in [1.54, 1.807) is 12.1 Å². The Labute approximate surface area is 168 Å². The molecule has 29 heavy (non-hydrogen) atoms. The van der Waals surface area contributed by atoms with E-state index < -0.39 is 4.92 Å². The minimum absolute atomic E-state index is 0.0204. The number of Topliss-reactive ketones (excluding diaryl/α,β-unsaturated/α-hetero) is 1. The standard InChI is InChI=1S/C22H22N4O3/c27-21(18-11-9-17(10-12-18)16-5-2-1-3-6-16)14-25-15-23-22(24-25)19-7-4-8-20(13-19)26(28)29/h4,7-13,15-16H,1-3,5-6,14H2. The van der Waals surface area contributed by atoms with Crippen LogP contribution in [0, 0.1) is 10.1 Å². The van der Waals surface area contributed by atoms with Crippen LogP contribution in [0.4, 0.5) is 5.69 Å². The lowest BCUT2D eigenvalue weighted by molar-refractivity contribution is -0.384. The van der Waals surface area contributed by atoms with Gasteiger partial charge in [-0.15, -0.1) is 0 Å². The number of hydrogen-bond acceptors (Lipinski definition) is 5. The Morgan fingerprint density at radius 3 is 2.59 bits per heavy atom. The number of nitro benzene ring substituents is 1. The van der Waals surface area contributed by atoms with Crippen LogP contribution in [0.1, 0.15) is 53.9 Å². The van der Waals surface area contributed by atoms with Crippen LogP contribution >= 0.6 is 0 Å². The zero-order valence-electron chi connectivity index (χ0n) is 16.0. The van der Waals surface area contributed by atoms with E-state index in [9.17, 15) is 14.9 Å². The Morgan fingerprint density at radius 2 is 1.86 bits per heavy atom. The number of aromatic nitrogens is 3. The SMILES string of the molecule is O=C(Cn1cnc(-c2cccc([N+](=O)[O-])c2)n1)c1ccc(C2CCCCC2)cc1. The van der Waals surface area contributed by atoms with E-state index in [1.807, 2.05) is 12.1 Å². The zero-order chi connectivity index (χ0) is 20.2. The Hall–Kier alpha value is -3.35. The third-order valence-corrected chi connectivity index (χ3v) is 5.47. The molecule has 0 amide bonds. The summed E-state index contributed by atoms with van der Waals surface area (Å²) in [4.78, 5) is 27.3. The summed E-state index contributed by atoms with van der Waals surface area (Å²) in [5.74, 6) is 0.922. The summed E-state index contributed by atoms with van der Waals surface area (Å²) in [7, 11) is 0. The normalized spacial score (nSPS) is 14.6. The van der Waals surface area contributed by atoms with Crippen LogP contribution in [0.5, 0.6) is 0 Å². The van der Waals surface area contributed by atoms with Crippen LogP contribution < -0.4 is 0 Å². The van der Waals surface area contributed by atoms with E-state index in [-0.39, 0.29) is 18.0 Å². The molecule has 0 saturated heterocycles. The van der Waals surface area contributed by atoms with Gasteiger partial charge in [0, 0.05) is 23.3 Å². The lowest BCUT2D eigenvalue weighted by Gasteiger charge is -2.22. The Morgan fingerprint density at radius 1 is 1.10 bits per heavy atom. The van der Waals surface area contributed by atoms with Gasteiger partial charge in [-0.3, -0.25) is 14.9 Å². The number of nitrogens with zero attached hydrogens (tertiary/aromatic N) is 4. The molecule has 1 heterocycles. The summed E-state index contributed by atoms with van der Waals surface area (Å²) in [6, 6.07) is 14.1. The molecule has 7 heteroatoms. The maximum atomic E-state index is 12.6. The average molecular weight is 390 g/mol. The van der Waals surface area contributed by atoms with E-state index in [0.717, 1.165) is 0 Å². The monoisotopic (exact) mass is 390 g/mol. The van der Waals surface area contributed by atoms with Crippen LogP contribution in [0.2, 0.25) is 0 Å². The van der Waals surface area contributed by atoms with Gasteiger partial charge in [-0.25, -0.2) is 9.67 Å². The third kappa shape index (κ3) is 4.39. The minimum atomic E-state index is -0.457. The highest BCUT2D eigenvalue weighted by Gasteiger charge is 2.16. The lowest BCUT2D eigenvalue weighted by Crippen LogP contribution is -2.11. The largest absolute Gasteiger partial charge is 0.292 e. The third-order valence-electron chi connectivity index (χ3n) is 5.47. The first-order valence-electron chi connectivity index (χ1n) is 9.87. The van der Waals surface area contributed by atoms with Crippen molar-refractivity contribution in [3.8, 4) is 11.4 Å². The van der Waals surface area contributed by atoms with Gasteiger partial charge in [-0.1, -0.05) is 55.7 Å². The van der Waals surface area contributed by atoms with Gasteiger partial charge in [0.1, 0.15) is 12.9 Å². The molecular formula is C22H22N4O3. The van der Waals surface area contributed by atoms with Crippen molar-refractivity contribution < 1.29 is 9.72 Å². The van der Waals surface area contributed by atoms with Crippen molar-refractivity contribution in [2.45, 2.75) is 44.6 Å². The van der Waals surface area contributed by atoms with Gasteiger partial charge in [-0.05, 0) is 24.3 Å². The van der Waals surface area contributed by atoms with Crippen LogP contribution in [-0.4, -0.2) is 25.5 Å². The van der Waals surface area contributed by atoms with Crippen molar-refractivity contribution in [1.29, 1.82) is 0 Å². The highest BCUT2D eigenvalue weighted by atomic mass is 16.6. The number of nitro groups is 1. The summed E-state index contributed by atoms with van der Waals surface area (Å²) in [5.41, 5.74) is 2.49. The van der Waals surface area contributed by atoms with Crippen LogP contribution in [-0.2, 0) is 6.54 Å². The Bertz CT molecular complexity index is 1020. The number of non-ortho nitro benzene ring substituents is 1. The second-order valence-electron chi connectivity index (χ2n) is 7.45. The van der Waals surface area contributed by atoms with Crippen LogP contribution in [0.15, 0.2) is 54.9 Å². The molecule has 1 saturated carbocycles. The summed E-state index contributed by atoms with van der Waals surface area (Å²) < 4.78 is 1.46. The number of benzene rings is 2. The molecule has 1 aliphatic rings. The van der Waals surface area contributed by atoms with E-state index in [1.165, 1.54) is 60.8 Å². The molecule has 1 aliphatic carbocycles. The fraction of sp³-hybridized carbons (Fsp3) is 0.318. The number of carbonyl (C=O) groups is 1. The molecule has 2 aromatic carbocycles. The van der Waals surface area contributed by atoms with Crippen molar-refractivity contribution in [2.24, 2.45) is 0 Å². The minimum Gasteiger partial charge on any atom is -0.292 e. The number of ketones is 1. The fourth-order valence-corrected chi connectivity index (χ4v) is 3.88. The van der Waals surface area contributed by atoms with Crippen molar-refractivity contribution in [2.75, 3.05) is 0 Å². The van der Waals surface area contributed by atoms with E-state index in [4.69, 9.17) is 0 Å². The van der Waals surface area contributed by atoms with E-state index in [0.29, 0.717) is 22.9 Å². The first-order chi connectivity index (χ1) is 14.1. The fourth-order valence-electron chi connectivity index (χ4n) is 3.88. The highest BCUT2D eigenvalue weighted by Crippen LogP contribution is 2.32. The molecule has 0 spiro atoms. The molecule has 7 nitrogen and oxygen atoms in total. The van der Waals surface area contributed by atoms with Gasteiger partial charge in [0.2, 0.25) is 0 Å². The molecule has 3 aromatic rings. The van der Waals surface area contributed by atoms with Crippen molar-refractivity contribution >= 4 is 11.5 Å². The molecule has 0 bridgehead atoms. The van der Waals surface area contributed by atoms with Crippen LogP contribution in [0.3, 0.4) is 0 Å². The molecular weight excluding hydrogens is 368 g/mol. The van der Waals surface area contributed by atoms with Gasteiger partial charge in [-0.2, -0.15) is 5.10 Å². The highest BCUT2D eigenvalue weighted by molar-refractivity contribution is 5.95. The van der Waals surface area contributed by atoms with Crippen molar-refractivity contribution in [1.82, 2.24) is 14.8 Å².